The van der Waals surface area contributed by atoms with Crippen LogP contribution < -0.4 is 10.2 Å². The van der Waals surface area contributed by atoms with Crippen molar-refractivity contribution in [1.29, 1.82) is 0 Å². The lowest BCUT2D eigenvalue weighted by Gasteiger charge is -2.18. The van der Waals surface area contributed by atoms with Crippen LogP contribution >= 0.6 is 0 Å². The summed E-state index contributed by atoms with van der Waals surface area (Å²) in [5.41, 5.74) is 3.10. The maximum atomic E-state index is 13.4. The van der Waals surface area contributed by atoms with Gasteiger partial charge in [-0.05, 0) is 42.8 Å². The first-order valence-electron chi connectivity index (χ1n) is 9.78. The van der Waals surface area contributed by atoms with Gasteiger partial charge < -0.3 is 14.6 Å². The summed E-state index contributed by atoms with van der Waals surface area (Å²) in [6.07, 6.45) is 4.14. The number of carbonyl (C=O) groups excluding carboxylic acids is 1. The van der Waals surface area contributed by atoms with Gasteiger partial charge in [0.2, 0.25) is 5.95 Å². The Labute approximate surface area is 172 Å². The molecule has 1 aliphatic heterocycles. The Balaban J connectivity index is 1.26. The number of nitrogens with zero attached hydrogens (tertiary/aromatic N) is 3. The molecule has 4 heterocycles. The van der Waals surface area contributed by atoms with Gasteiger partial charge in [-0.1, -0.05) is 18.2 Å². The van der Waals surface area contributed by atoms with Crippen LogP contribution in [0.4, 0.5) is 10.2 Å². The number of hydrogen-bond donors (Lipinski definition) is 1. The molecule has 0 saturated carbocycles. The van der Waals surface area contributed by atoms with Crippen LogP contribution in [0.5, 0.6) is 0 Å². The predicted octanol–water partition coefficient (Wildman–Crippen LogP) is 4.04. The molecule has 1 aromatic carbocycles. The molecule has 0 bridgehead atoms. The van der Waals surface area contributed by atoms with Crippen LogP contribution in [0.15, 0.2) is 71.5 Å². The number of halogens is 1. The number of amides is 1. The fourth-order valence-corrected chi connectivity index (χ4v) is 3.83. The molecule has 0 radical (unpaired) electrons. The molecule has 0 spiro atoms. The van der Waals surface area contributed by atoms with Crippen molar-refractivity contribution in [2.75, 3.05) is 18.0 Å². The fraction of sp³-hybridized carbons (Fsp3) is 0.174. The van der Waals surface area contributed by atoms with E-state index < -0.39 is 5.95 Å². The maximum absolute atomic E-state index is 13.4. The summed E-state index contributed by atoms with van der Waals surface area (Å²) in [5.74, 6) is -0.0345. The number of nitrogens with one attached hydrogen (secondary N) is 1. The van der Waals surface area contributed by atoms with Gasteiger partial charge in [0.15, 0.2) is 0 Å². The monoisotopic (exact) mass is 402 g/mol. The Hall–Kier alpha value is -3.74. The van der Waals surface area contributed by atoms with Gasteiger partial charge in [0.1, 0.15) is 11.4 Å². The Morgan fingerprint density at radius 1 is 1.13 bits per heavy atom. The summed E-state index contributed by atoms with van der Waals surface area (Å²) in [4.78, 5) is 23.0. The number of aromatic nitrogens is 2. The molecule has 5 rings (SSSR count). The largest absolute Gasteiger partial charge is 0.464 e. The molecule has 4 aromatic rings. The van der Waals surface area contributed by atoms with Crippen molar-refractivity contribution in [2.24, 2.45) is 0 Å². The summed E-state index contributed by atoms with van der Waals surface area (Å²) in [7, 11) is 0. The molecular weight excluding hydrogens is 383 g/mol. The molecule has 1 N–H and O–H groups in total. The van der Waals surface area contributed by atoms with E-state index in [1.54, 1.807) is 36.7 Å². The van der Waals surface area contributed by atoms with E-state index in [2.05, 4.69) is 15.3 Å². The SMILES string of the molecule is O=C(NC1CCN(c2cccc(F)n2)C1)c1ccc(-c2nccc3occc23)cc1. The van der Waals surface area contributed by atoms with Crippen LogP contribution in [0, 0.1) is 5.95 Å². The lowest BCUT2D eigenvalue weighted by Crippen LogP contribution is -2.37. The second-order valence-electron chi connectivity index (χ2n) is 7.29. The number of pyridine rings is 2. The molecule has 0 aliphatic carbocycles. The van der Waals surface area contributed by atoms with Crippen molar-refractivity contribution in [2.45, 2.75) is 12.5 Å². The van der Waals surface area contributed by atoms with E-state index in [4.69, 9.17) is 4.42 Å². The van der Waals surface area contributed by atoms with Crippen molar-refractivity contribution in [3.8, 4) is 11.3 Å². The molecule has 1 fully saturated rings. The molecule has 1 unspecified atom stereocenters. The number of benzene rings is 1. The minimum absolute atomic E-state index is 0.0106. The average molecular weight is 402 g/mol. The van der Waals surface area contributed by atoms with Gasteiger partial charge in [-0.15, -0.1) is 0 Å². The zero-order chi connectivity index (χ0) is 20.5. The third-order valence-electron chi connectivity index (χ3n) is 5.35. The maximum Gasteiger partial charge on any atom is 0.251 e. The quantitative estimate of drug-likeness (QED) is 0.522. The normalized spacial score (nSPS) is 16.2. The summed E-state index contributed by atoms with van der Waals surface area (Å²) >= 11 is 0. The Bertz CT molecular complexity index is 1210. The van der Waals surface area contributed by atoms with Crippen LogP contribution in [0.25, 0.3) is 22.2 Å². The van der Waals surface area contributed by atoms with Crippen LogP contribution in [-0.4, -0.2) is 35.0 Å². The number of fused-ring (bicyclic) bond motifs is 1. The Morgan fingerprint density at radius 3 is 2.83 bits per heavy atom. The average Bonchev–Trinajstić information content (AvgIpc) is 3.43. The summed E-state index contributed by atoms with van der Waals surface area (Å²) in [6.45, 7) is 1.33. The van der Waals surface area contributed by atoms with E-state index in [0.29, 0.717) is 17.9 Å². The highest BCUT2D eigenvalue weighted by Gasteiger charge is 2.25. The van der Waals surface area contributed by atoms with E-state index in [1.165, 1.54) is 6.07 Å². The Kier molecular flexibility index (Phi) is 4.63. The number of hydrogen-bond acceptors (Lipinski definition) is 5. The van der Waals surface area contributed by atoms with Gasteiger partial charge in [-0.3, -0.25) is 9.78 Å². The van der Waals surface area contributed by atoms with Crippen LogP contribution in [0.3, 0.4) is 0 Å². The van der Waals surface area contributed by atoms with Crippen molar-refractivity contribution >= 4 is 22.7 Å². The minimum Gasteiger partial charge on any atom is -0.464 e. The Morgan fingerprint density at radius 2 is 2.00 bits per heavy atom. The summed E-state index contributed by atoms with van der Waals surface area (Å²) in [5, 5.41) is 4.00. The minimum atomic E-state index is -0.499. The third kappa shape index (κ3) is 3.50. The highest BCUT2D eigenvalue weighted by Crippen LogP contribution is 2.27. The van der Waals surface area contributed by atoms with Crippen LogP contribution in [-0.2, 0) is 0 Å². The first kappa shape index (κ1) is 18.3. The highest BCUT2D eigenvalue weighted by atomic mass is 19.1. The molecular formula is C23H19FN4O2. The van der Waals surface area contributed by atoms with Gasteiger partial charge in [-0.2, -0.15) is 4.39 Å². The molecule has 150 valence electrons. The smallest absolute Gasteiger partial charge is 0.251 e. The van der Waals surface area contributed by atoms with E-state index in [0.717, 1.165) is 35.2 Å². The third-order valence-corrected chi connectivity index (χ3v) is 5.35. The van der Waals surface area contributed by atoms with E-state index in [-0.39, 0.29) is 11.9 Å². The summed E-state index contributed by atoms with van der Waals surface area (Å²) in [6, 6.07) is 15.8. The van der Waals surface area contributed by atoms with Crippen molar-refractivity contribution in [3.63, 3.8) is 0 Å². The summed E-state index contributed by atoms with van der Waals surface area (Å²) < 4.78 is 18.8. The molecule has 1 amide bonds. The topological polar surface area (TPSA) is 71.3 Å². The number of anilines is 1. The van der Waals surface area contributed by atoms with Gasteiger partial charge in [0.05, 0.1) is 12.0 Å². The van der Waals surface area contributed by atoms with Crippen molar-refractivity contribution in [3.05, 3.63) is 78.6 Å². The second-order valence-corrected chi connectivity index (χ2v) is 7.29. The zero-order valence-corrected chi connectivity index (χ0v) is 16.1. The molecule has 1 saturated heterocycles. The first-order valence-corrected chi connectivity index (χ1v) is 9.78. The number of furan rings is 1. The van der Waals surface area contributed by atoms with E-state index in [9.17, 15) is 9.18 Å². The second kappa shape index (κ2) is 7.59. The van der Waals surface area contributed by atoms with Crippen molar-refractivity contribution in [1.82, 2.24) is 15.3 Å². The zero-order valence-electron chi connectivity index (χ0n) is 16.1. The lowest BCUT2D eigenvalue weighted by atomic mass is 10.1. The van der Waals surface area contributed by atoms with Gasteiger partial charge >= 0.3 is 0 Å². The molecule has 3 aromatic heterocycles. The first-order chi connectivity index (χ1) is 14.7. The molecule has 30 heavy (non-hydrogen) atoms. The van der Waals surface area contributed by atoms with E-state index >= 15 is 0 Å². The number of rotatable bonds is 4. The molecule has 1 atom stereocenters. The van der Waals surface area contributed by atoms with Crippen LogP contribution in [0.2, 0.25) is 0 Å². The molecule has 1 aliphatic rings. The molecule has 7 heteroatoms. The standard InChI is InChI=1S/C23H19FN4O2/c24-20-2-1-3-21(27-20)28-12-9-17(14-28)26-23(29)16-6-4-15(5-7-16)22-18-10-13-30-19(18)8-11-25-22/h1-8,10-11,13,17H,9,12,14H2,(H,26,29). The highest BCUT2D eigenvalue weighted by molar-refractivity contribution is 5.96. The van der Waals surface area contributed by atoms with Gasteiger partial charge in [0.25, 0.3) is 5.91 Å². The predicted molar refractivity (Wildman–Crippen MR) is 112 cm³/mol. The number of carbonyl (C=O) groups is 1. The van der Waals surface area contributed by atoms with E-state index in [1.807, 2.05) is 29.2 Å². The van der Waals surface area contributed by atoms with Crippen molar-refractivity contribution < 1.29 is 13.6 Å². The van der Waals surface area contributed by atoms with Crippen LogP contribution in [0.1, 0.15) is 16.8 Å². The lowest BCUT2D eigenvalue weighted by molar-refractivity contribution is 0.0940. The fourth-order valence-electron chi connectivity index (χ4n) is 3.83. The van der Waals surface area contributed by atoms with Gasteiger partial charge in [-0.25, -0.2) is 4.98 Å². The molecule has 6 nitrogen and oxygen atoms in total. The van der Waals surface area contributed by atoms with Gasteiger partial charge in [0, 0.05) is 41.8 Å².